The van der Waals surface area contributed by atoms with Crippen molar-refractivity contribution in [2.75, 3.05) is 0 Å². The molecule has 0 amide bonds. The number of carbonyl (C=O) groups is 1. The Kier molecular flexibility index (Phi) is 3.27. The monoisotopic (exact) mass is 348 g/mol. The summed E-state index contributed by atoms with van der Waals surface area (Å²) in [5.74, 6) is 1.16. The molecule has 2 saturated carbocycles. The quantitative estimate of drug-likeness (QED) is 0.744. The minimum absolute atomic E-state index is 0.0280. The van der Waals surface area contributed by atoms with Gasteiger partial charge in [0.2, 0.25) is 0 Å². The van der Waals surface area contributed by atoms with Gasteiger partial charge in [0.15, 0.2) is 11.4 Å². The lowest BCUT2D eigenvalue weighted by Crippen LogP contribution is -2.32. The van der Waals surface area contributed by atoms with Gasteiger partial charge in [-0.1, -0.05) is 35.3 Å². The number of ether oxygens (including phenoxy) is 1. The van der Waals surface area contributed by atoms with Gasteiger partial charge in [0.25, 0.3) is 0 Å². The minimum Gasteiger partial charge on any atom is -0.352 e. The molecule has 1 spiro atoms. The van der Waals surface area contributed by atoms with Crippen LogP contribution in [-0.2, 0) is 16.0 Å². The first-order valence-corrected chi connectivity index (χ1v) is 8.96. The van der Waals surface area contributed by atoms with Gasteiger partial charge in [-0.05, 0) is 61.3 Å². The van der Waals surface area contributed by atoms with Crippen LogP contribution in [0.2, 0.25) is 0 Å². The second kappa shape index (κ2) is 4.92. The second-order valence-corrected chi connectivity index (χ2v) is 7.72. The van der Waals surface area contributed by atoms with Gasteiger partial charge in [-0.25, -0.2) is 0 Å². The van der Waals surface area contributed by atoms with Gasteiger partial charge in [0.05, 0.1) is 0 Å². The second-order valence-electron chi connectivity index (χ2n) is 6.81. The third-order valence-electron chi connectivity index (χ3n) is 5.63. The zero-order chi connectivity index (χ0) is 14.6. The minimum atomic E-state index is -0.433. The molecule has 0 radical (unpaired) electrons. The summed E-state index contributed by atoms with van der Waals surface area (Å²) in [5, 5.41) is 0. The first kappa shape index (κ1) is 14.0. The standard InChI is InChI=1S/C18H21BrO2/c1-2-3-4-11-10-14(19)7-8-15(11)17-18(21-17)13-6-5-12(9-13)16(18)20/h7-8,10,12-13,17H,2-6,9H2,1H3. The number of Topliss-reactive ketones (excluding diaryl/α,β-unsaturated/α-hetero) is 1. The molecule has 2 nitrogen and oxygen atoms in total. The fourth-order valence-electron chi connectivity index (χ4n) is 4.50. The Morgan fingerprint density at radius 3 is 2.95 bits per heavy atom. The lowest BCUT2D eigenvalue weighted by Gasteiger charge is -2.18. The third-order valence-corrected chi connectivity index (χ3v) is 6.12. The number of unbranched alkanes of at least 4 members (excludes halogenated alkanes) is 1. The molecule has 112 valence electrons. The van der Waals surface area contributed by atoms with Crippen molar-refractivity contribution < 1.29 is 9.53 Å². The summed E-state index contributed by atoms with van der Waals surface area (Å²) in [7, 11) is 0. The maximum absolute atomic E-state index is 12.6. The van der Waals surface area contributed by atoms with Crippen molar-refractivity contribution in [1.29, 1.82) is 0 Å². The highest BCUT2D eigenvalue weighted by Crippen LogP contribution is 2.66. The number of hydrogen-bond acceptors (Lipinski definition) is 2. The van der Waals surface area contributed by atoms with E-state index in [9.17, 15) is 4.79 Å². The van der Waals surface area contributed by atoms with E-state index in [0.29, 0.717) is 11.7 Å². The summed E-state index contributed by atoms with van der Waals surface area (Å²) in [6, 6.07) is 6.45. The van der Waals surface area contributed by atoms with Gasteiger partial charge < -0.3 is 4.74 Å². The van der Waals surface area contributed by atoms with Crippen LogP contribution >= 0.6 is 15.9 Å². The van der Waals surface area contributed by atoms with Crippen molar-refractivity contribution in [2.24, 2.45) is 11.8 Å². The van der Waals surface area contributed by atoms with Crippen LogP contribution in [0.5, 0.6) is 0 Å². The number of fused-ring (bicyclic) bond motifs is 3. The first-order chi connectivity index (χ1) is 10.2. The highest BCUT2D eigenvalue weighted by molar-refractivity contribution is 9.10. The molecule has 3 fully saturated rings. The zero-order valence-electron chi connectivity index (χ0n) is 12.4. The molecular formula is C18H21BrO2. The molecular weight excluding hydrogens is 328 g/mol. The molecule has 0 N–H and O–H groups in total. The SMILES string of the molecule is CCCCc1cc(Br)ccc1C1OC12C(=O)C1CCC2C1. The molecule has 3 aliphatic rings. The van der Waals surface area contributed by atoms with E-state index in [2.05, 4.69) is 41.1 Å². The molecule has 4 atom stereocenters. The van der Waals surface area contributed by atoms with Crippen LogP contribution in [0.15, 0.2) is 22.7 Å². The Balaban J connectivity index is 1.65. The zero-order valence-corrected chi connectivity index (χ0v) is 14.0. The Morgan fingerprint density at radius 2 is 2.24 bits per heavy atom. The van der Waals surface area contributed by atoms with Crippen LogP contribution in [0.3, 0.4) is 0 Å². The van der Waals surface area contributed by atoms with Crippen LogP contribution in [0.4, 0.5) is 0 Å². The van der Waals surface area contributed by atoms with E-state index in [4.69, 9.17) is 4.74 Å². The summed E-state index contributed by atoms with van der Waals surface area (Å²) in [5.41, 5.74) is 2.17. The topological polar surface area (TPSA) is 29.6 Å². The number of halogens is 1. The maximum atomic E-state index is 12.6. The van der Waals surface area contributed by atoms with Gasteiger partial charge in [0.1, 0.15) is 6.10 Å². The summed E-state index contributed by atoms with van der Waals surface area (Å²) >= 11 is 3.57. The number of carbonyl (C=O) groups excluding carboxylic acids is 1. The van der Waals surface area contributed by atoms with Crippen molar-refractivity contribution >= 4 is 21.7 Å². The van der Waals surface area contributed by atoms with E-state index >= 15 is 0 Å². The van der Waals surface area contributed by atoms with Crippen LogP contribution in [-0.4, -0.2) is 11.4 Å². The van der Waals surface area contributed by atoms with Crippen LogP contribution in [0.25, 0.3) is 0 Å². The van der Waals surface area contributed by atoms with Crippen molar-refractivity contribution in [3.05, 3.63) is 33.8 Å². The predicted molar refractivity (Wildman–Crippen MR) is 85.1 cm³/mol. The molecule has 1 heterocycles. The molecule has 2 aliphatic carbocycles. The van der Waals surface area contributed by atoms with Crippen LogP contribution < -0.4 is 0 Å². The van der Waals surface area contributed by atoms with E-state index in [1.807, 2.05) is 0 Å². The van der Waals surface area contributed by atoms with Crippen molar-refractivity contribution in [2.45, 2.75) is 57.2 Å². The van der Waals surface area contributed by atoms with Gasteiger partial charge >= 0.3 is 0 Å². The largest absolute Gasteiger partial charge is 0.352 e. The Bertz CT molecular complexity index is 597. The average Bonchev–Trinajstić information content (AvgIpc) is 2.90. The molecule has 4 unspecified atom stereocenters. The highest BCUT2D eigenvalue weighted by Gasteiger charge is 2.73. The lowest BCUT2D eigenvalue weighted by atomic mass is 9.81. The first-order valence-electron chi connectivity index (χ1n) is 8.17. The number of ketones is 1. The molecule has 3 heteroatoms. The molecule has 1 aromatic rings. The fourth-order valence-corrected chi connectivity index (χ4v) is 4.90. The Labute approximate surface area is 134 Å². The number of hydrogen-bond donors (Lipinski definition) is 0. The third kappa shape index (κ3) is 1.97. The molecule has 2 bridgehead atoms. The average molecular weight is 349 g/mol. The van der Waals surface area contributed by atoms with Crippen molar-refractivity contribution in [1.82, 2.24) is 0 Å². The summed E-state index contributed by atoms with van der Waals surface area (Å²) in [6.45, 7) is 2.21. The van der Waals surface area contributed by atoms with Crippen LogP contribution in [0.1, 0.15) is 56.3 Å². The summed E-state index contributed by atoms with van der Waals surface area (Å²) in [4.78, 5) is 12.6. The number of benzene rings is 1. The van der Waals surface area contributed by atoms with E-state index in [1.165, 1.54) is 30.4 Å². The number of rotatable bonds is 4. The van der Waals surface area contributed by atoms with E-state index in [-0.39, 0.29) is 12.0 Å². The molecule has 0 aromatic heterocycles. The Morgan fingerprint density at radius 1 is 1.38 bits per heavy atom. The lowest BCUT2D eigenvalue weighted by molar-refractivity contribution is -0.127. The highest BCUT2D eigenvalue weighted by atomic mass is 79.9. The van der Waals surface area contributed by atoms with E-state index in [1.54, 1.807) is 0 Å². The van der Waals surface area contributed by atoms with Crippen molar-refractivity contribution in [3.8, 4) is 0 Å². The normalized spacial score (nSPS) is 36.7. The van der Waals surface area contributed by atoms with Crippen LogP contribution in [0, 0.1) is 11.8 Å². The van der Waals surface area contributed by atoms with Gasteiger partial charge in [0, 0.05) is 10.4 Å². The number of aryl methyl sites for hydroxylation is 1. The molecule has 1 saturated heterocycles. The molecule has 21 heavy (non-hydrogen) atoms. The smallest absolute Gasteiger partial charge is 0.171 e. The summed E-state index contributed by atoms with van der Waals surface area (Å²) in [6.07, 6.45) is 6.80. The number of epoxide rings is 1. The van der Waals surface area contributed by atoms with Gasteiger partial charge in [-0.2, -0.15) is 0 Å². The van der Waals surface area contributed by atoms with Gasteiger partial charge in [-0.3, -0.25) is 4.79 Å². The predicted octanol–water partition coefficient (Wildman–Crippen LogP) is 4.60. The molecule has 1 aromatic carbocycles. The molecule has 4 rings (SSSR count). The van der Waals surface area contributed by atoms with E-state index in [0.717, 1.165) is 23.7 Å². The molecule has 1 aliphatic heterocycles. The Hall–Kier alpha value is -0.670. The maximum Gasteiger partial charge on any atom is 0.171 e. The van der Waals surface area contributed by atoms with Gasteiger partial charge in [-0.15, -0.1) is 0 Å². The fraction of sp³-hybridized carbons (Fsp3) is 0.611. The van der Waals surface area contributed by atoms with Crippen molar-refractivity contribution in [3.63, 3.8) is 0 Å². The summed E-state index contributed by atoms with van der Waals surface area (Å²) < 4.78 is 7.21. The van der Waals surface area contributed by atoms with E-state index < -0.39 is 5.60 Å².